The molecule has 0 aromatic heterocycles. The summed E-state index contributed by atoms with van der Waals surface area (Å²) in [5.74, 6) is -0.224. The molecule has 172 valence electrons. The lowest BCUT2D eigenvalue weighted by atomic mass is 10.1. The number of carbonyl (C=O) groups is 1. The molecule has 0 radical (unpaired) electrons. The van der Waals surface area contributed by atoms with Crippen LogP contribution in [0.3, 0.4) is 0 Å². The summed E-state index contributed by atoms with van der Waals surface area (Å²) in [5.41, 5.74) is 2.01. The van der Waals surface area contributed by atoms with Gasteiger partial charge in [0, 0.05) is 11.1 Å². The van der Waals surface area contributed by atoms with Gasteiger partial charge >= 0.3 is 0 Å². The molecule has 0 bridgehead atoms. The number of nitro benzene ring substituents is 1. The maximum Gasteiger partial charge on any atom is 0.294 e. The minimum atomic E-state index is -0.792. The van der Waals surface area contributed by atoms with Gasteiger partial charge < -0.3 is 10.1 Å². The molecule has 1 amide bonds. The molecule has 0 saturated heterocycles. The number of hydrogen-bond acceptors (Lipinski definition) is 5. The maximum absolute atomic E-state index is 12.6. The summed E-state index contributed by atoms with van der Waals surface area (Å²) in [7, 11) is 0. The zero-order valence-electron chi connectivity index (χ0n) is 17.6. The Morgan fingerprint density at radius 2 is 1.91 bits per heavy atom. The molecule has 0 aliphatic heterocycles. The first-order valence-corrected chi connectivity index (χ1v) is 11.7. The van der Waals surface area contributed by atoms with Crippen molar-refractivity contribution in [2.75, 3.05) is 5.32 Å². The molecule has 3 aromatic carbocycles. The molecule has 0 unspecified atom stereocenters. The van der Waals surface area contributed by atoms with Crippen LogP contribution in [0.2, 0.25) is 5.02 Å². The second-order valence-electron chi connectivity index (χ2n) is 7.13. The van der Waals surface area contributed by atoms with Crippen LogP contribution in [0.5, 0.6) is 5.75 Å². The molecule has 1 N–H and O–H groups in total. The third kappa shape index (κ3) is 6.44. The van der Waals surface area contributed by atoms with Crippen LogP contribution in [0.1, 0.15) is 16.7 Å². The van der Waals surface area contributed by atoms with Gasteiger partial charge in [-0.3, -0.25) is 14.9 Å². The number of nitrogens with zero attached hydrogens (tertiary/aromatic N) is 2. The van der Waals surface area contributed by atoms with E-state index in [4.69, 9.17) is 16.3 Å². The summed E-state index contributed by atoms with van der Waals surface area (Å²) >= 11 is 12.7. The second-order valence-corrected chi connectivity index (χ2v) is 9.28. The fourth-order valence-electron chi connectivity index (χ4n) is 3.02. The number of benzene rings is 3. The van der Waals surface area contributed by atoms with E-state index >= 15 is 0 Å². The SMILES string of the molecule is Cc1cccc(COc2c(Br)cc(C=C(C#N)C(=O)Nc3ccc(Cl)cc3[N+](=O)[O-])cc2Br)c1. The maximum atomic E-state index is 12.6. The quantitative estimate of drug-likeness (QED) is 0.133. The standard InChI is InChI=1S/C24H16Br2ClN3O4/c1-14-3-2-4-15(7-14)13-34-23-19(25)9-16(10-20(23)26)8-17(12-28)24(31)29-21-6-5-18(27)11-22(21)30(32)33/h2-11H,13H2,1H3,(H,29,31). The number of hydrogen-bond donors (Lipinski definition) is 1. The number of nitriles is 1. The molecule has 3 aromatic rings. The highest BCUT2D eigenvalue weighted by molar-refractivity contribution is 9.11. The Balaban J connectivity index is 1.81. The Bertz CT molecular complexity index is 1330. The summed E-state index contributed by atoms with van der Waals surface area (Å²) in [6.45, 7) is 2.37. The van der Waals surface area contributed by atoms with Gasteiger partial charge in [-0.2, -0.15) is 5.26 Å². The monoisotopic (exact) mass is 603 g/mol. The normalized spacial score (nSPS) is 11.0. The Labute approximate surface area is 217 Å². The van der Waals surface area contributed by atoms with E-state index in [1.165, 1.54) is 18.2 Å². The fourth-order valence-corrected chi connectivity index (χ4v) is 4.64. The molecule has 0 spiro atoms. The lowest BCUT2D eigenvalue weighted by molar-refractivity contribution is -0.383. The van der Waals surface area contributed by atoms with Gasteiger partial charge in [-0.15, -0.1) is 0 Å². The Morgan fingerprint density at radius 3 is 2.53 bits per heavy atom. The predicted octanol–water partition coefficient (Wildman–Crippen LogP) is 7.21. The van der Waals surface area contributed by atoms with Gasteiger partial charge in [0.15, 0.2) is 0 Å². The number of anilines is 1. The van der Waals surface area contributed by atoms with Gasteiger partial charge in [0.05, 0.1) is 13.9 Å². The molecule has 0 aliphatic carbocycles. The van der Waals surface area contributed by atoms with Gasteiger partial charge in [0.1, 0.15) is 29.7 Å². The lowest BCUT2D eigenvalue weighted by Crippen LogP contribution is -2.14. The van der Waals surface area contributed by atoms with Crippen LogP contribution in [-0.2, 0) is 11.4 Å². The van der Waals surface area contributed by atoms with Crippen molar-refractivity contribution in [1.82, 2.24) is 0 Å². The van der Waals surface area contributed by atoms with Gasteiger partial charge in [-0.25, -0.2) is 0 Å². The van der Waals surface area contributed by atoms with Crippen LogP contribution in [0.25, 0.3) is 6.08 Å². The van der Waals surface area contributed by atoms with E-state index in [1.807, 2.05) is 37.3 Å². The number of halogens is 3. The molecule has 0 atom stereocenters. The van der Waals surface area contributed by atoms with Gasteiger partial charge in [0.2, 0.25) is 0 Å². The van der Waals surface area contributed by atoms with E-state index in [9.17, 15) is 20.2 Å². The third-order valence-corrected chi connectivity index (χ3v) is 5.98. The number of amides is 1. The molecule has 3 rings (SSSR count). The van der Waals surface area contributed by atoms with Crippen molar-refractivity contribution >= 4 is 66.8 Å². The Kier molecular flexibility index (Phi) is 8.45. The second kappa shape index (κ2) is 11.3. The average Bonchev–Trinajstić information content (AvgIpc) is 2.78. The van der Waals surface area contributed by atoms with Crippen molar-refractivity contribution in [3.8, 4) is 11.8 Å². The number of aryl methyl sites for hydroxylation is 1. The van der Waals surface area contributed by atoms with Crippen LogP contribution in [-0.4, -0.2) is 10.8 Å². The molecule has 10 heteroatoms. The number of ether oxygens (including phenoxy) is 1. The summed E-state index contributed by atoms with van der Waals surface area (Å²) in [6, 6.07) is 17.0. The number of nitrogens with one attached hydrogen (secondary N) is 1. The zero-order chi connectivity index (χ0) is 24.8. The van der Waals surface area contributed by atoms with Crippen LogP contribution in [0.4, 0.5) is 11.4 Å². The Hall–Kier alpha value is -3.19. The first kappa shape index (κ1) is 25.4. The molecular formula is C24H16Br2ClN3O4. The first-order valence-electron chi connectivity index (χ1n) is 9.72. The van der Waals surface area contributed by atoms with Crippen LogP contribution < -0.4 is 10.1 Å². The number of carbonyl (C=O) groups excluding carboxylic acids is 1. The minimum Gasteiger partial charge on any atom is -0.487 e. The molecule has 34 heavy (non-hydrogen) atoms. The zero-order valence-corrected chi connectivity index (χ0v) is 21.6. The largest absolute Gasteiger partial charge is 0.487 e. The van der Waals surface area contributed by atoms with E-state index in [0.29, 0.717) is 26.9 Å². The highest BCUT2D eigenvalue weighted by Crippen LogP contribution is 2.36. The molecular weight excluding hydrogens is 590 g/mol. The number of rotatable bonds is 7. The molecule has 0 fully saturated rings. The van der Waals surface area contributed by atoms with Gasteiger partial charge in [-0.05, 0) is 80.3 Å². The van der Waals surface area contributed by atoms with E-state index in [1.54, 1.807) is 12.1 Å². The smallest absolute Gasteiger partial charge is 0.294 e. The topological polar surface area (TPSA) is 105 Å². The summed E-state index contributed by atoms with van der Waals surface area (Å²) in [6.07, 6.45) is 1.37. The van der Waals surface area contributed by atoms with Crippen LogP contribution in [0.15, 0.2) is 69.1 Å². The molecule has 7 nitrogen and oxygen atoms in total. The van der Waals surface area contributed by atoms with Gasteiger partial charge in [0.25, 0.3) is 11.6 Å². The van der Waals surface area contributed by atoms with E-state index < -0.39 is 10.8 Å². The van der Waals surface area contributed by atoms with Crippen molar-refractivity contribution in [2.24, 2.45) is 0 Å². The third-order valence-electron chi connectivity index (χ3n) is 4.57. The van der Waals surface area contributed by atoms with Crippen molar-refractivity contribution < 1.29 is 14.5 Å². The van der Waals surface area contributed by atoms with Crippen LogP contribution in [0, 0.1) is 28.4 Å². The van der Waals surface area contributed by atoms with Crippen molar-refractivity contribution in [1.29, 1.82) is 5.26 Å². The van der Waals surface area contributed by atoms with E-state index in [0.717, 1.165) is 17.2 Å². The Morgan fingerprint density at radius 1 is 1.21 bits per heavy atom. The van der Waals surface area contributed by atoms with E-state index in [-0.39, 0.29) is 22.0 Å². The van der Waals surface area contributed by atoms with Crippen LogP contribution >= 0.6 is 43.5 Å². The molecule has 0 saturated carbocycles. The van der Waals surface area contributed by atoms with Crippen molar-refractivity contribution in [3.63, 3.8) is 0 Å². The van der Waals surface area contributed by atoms with E-state index in [2.05, 4.69) is 37.2 Å². The highest BCUT2D eigenvalue weighted by atomic mass is 79.9. The molecule has 0 aliphatic rings. The summed E-state index contributed by atoms with van der Waals surface area (Å²) < 4.78 is 7.17. The predicted molar refractivity (Wildman–Crippen MR) is 138 cm³/mol. The van der Waals surface area contributed by atoms with Gasteiger partial charge in [-0.1, -0.05) is 41.4 Å². The first-order chi connectivity index (χ1) is 16.2. The average molecular weight is 606 g/mol. The lowest BCUT2D eigenvalue weighted by Gasteiger charge is -2.12. The summed E-state index contributed by atoms with van der Waals surface area (Å²) in [5, 5.41) is 23.3. The number of nitro groups is 1. The molecule has 0 heterocycles. The summed E-state index contributed by atoms with van der Waals surface area (Å²) in [4.78, 5) is 23.2. The van der Waals surface area contributed by atoms with Crippen molar-refractivity contribution in [2.45, 2.75) is 13.5 Å². The minimum absolute atomic E-state index is 0.0668. The highest BCUT2D eigenvalue weighted by Gasteiger charge is 2.19. The fraction of sp³-hybridized carbons (Fsp3) is 0.0833. The van der Waals surface area contributed by atoms with Crippen molar-refractivity contribution in [3.05, 3.63) is 101 Å².